The van der Waals surface area contributed by atoms with E-state index in [2.05, 4.69) is 4.72 Å². The molecule has 0 aromatic carbocycles. The van der Waals surface area contributed by atoms with E-state index in [0.29, 0.717) is 0 Å². The molecule has 0 aromatic rings. The summed E-state index contributed by atoms with van der Waals surface area (Å²) in [5.41, 5.74) is 4.86. The first-order valence-electron chi connectivity index (χ1n) is 3.76. The average Bonchev–Trinajstić information content (AvgIpc) is 1.81. The van der Waals surface area contributed by atoms with Crippen molar-refractivity contribution >= 4 is 15.9 Å². The Balaban J connectivity index is 4.04. The lowest BCUT2D eigenvalue weighted by Crippen LogP contribution is -2.37. The van der Waals surface area contributed by atoms with Crippen LogP contribution in [0, 0.1) is 0 Å². The predicted molar refractivity (Wildman–Crippen MR) is 47.3 cm³/mol. The van der Waals surface area contributed by atoms with Gasteiger partial charge in [0.1, 0.15) is 0 Å². The van der Waals surface area contributed by atoms with Gasteiger partial charge in [0.15, 0.2) is 0 Å². The summed E-state index contributed by atoms with van der Waals surface area (Å²) in [5.74, 6) is -0.935. The molecule has 6 nitrogen and oxygen atoms in total. The maximum Gasteiger partial charge on any atom is 0.219 e. The van der Waals surface area contributed by atoms with Crippen molar-refractivity contribution in [3.05, 3.63) is 0 Å². The molecule has 13 heavy (non-hydrogen) atoms. The van der Waals surface area contributed by atoms with Gasteiger partial charge in [0, 0.05) is 12.5 Å². The number of hydrogen-bond acceptors (Lipinski definition) is 4. The van der Waals surface area contributed by atoms with Crippen LogP contribution in [0.5, 0.6) is 0 Å². The molecule has 0 aliphatic carbocycles. The first-order valence-corrected chi connectivity index (χ1v) is 5.42. The van der Waals surface area contributed by atoms with Crippen molar-refractivity contribution < 1.29 is 18.3 Å². The van der Waals surface area contributed by atoms with E-state index in [0.717, 1.165) is 0 Å². The second kappa shape index (κ2) is 5.15. The Morgan fingerprint density at radius 2 is 2.15 bits per heavy atom. The molecule has 1 amide bonds. The van der Waals surface area contributed by atoms with Crippen LogP contribution in [0.4, 0.5) is 0 Å². The third kappa shape index (κ3) is 6.50. The molecule has 0 aliphatic heterocycles. The Bertz CT molecular complexity index is 262. The number of sulfonamides is 1. The maximum atomic E-state index is 11.0. The van der Waals surface area contributed by atoms with Crippen LogP contribution in [0.1, 0.15) is 13.3 Å². The van der Waals surface area contributed by atoms with Crippen molar-refractivity contribution in [3.8, 4) is 0 Å². The van der Waals surface area contributed by atoms with Crippen molar-refractivity contribution in [2.75, 3.05) is 12.4 Å². The van der Waals surface area contributed by atoms with E-state index in [1.54, 1.807) is 0 Å². The molecule has 0 rings (SSSR count). The summed E-state index contributed by atoms with van der Waals surface area (Å²) < 4.78 is 24.2. The zero-order chi connectivity index (χ0) is 10.5. The molecular weight excluding hydrogens is 196 g/mol. The first kappa shape index (κ1) is 12.3. The number of amides is 1. The number of carbonyl (C=O) groups excluding carboxylic acids is 1. The van der Waals surface area contributed by atoms with Crippen molar-refractivity contribution in [3.63, 3.8) is 0 Å². The molecule has 0 radical (unpaired) electrons. The monoisotopic (exact) mass is 210 g/mol. The fourth-order valence-corrected chi connectivity index (χ4v) is 1.88. The topological polar surface area (TPSA) is 109 Å². The minimum atomic E-state index is -3.48. The molecule has 0 aromatic heterocycles. The Morgan fingerprint density at radius 3 is 2.54 bits per heavy atom. The molecule has 0 saturated heterocycles. The highest BCUT2D eigenvalue weighted by Gasteiger charge is 2.14. The summed E-state index contributed by atoms with van der Waals surface area (Å²) in [6.07, 6.45) is -0.0509. The molecule has 0 aliphatic rings. The smallest absolute Gasteiger partial charge is 0.219 e. The van der Waals surface area contributed by atoms with Gasteiger partial charge in [-0.2, -0.15) is 0 Å². The highest BCUT2D eigenvalue weighted by molar-refractivity contribution is 7.89. The lowest BCUT2D eigenvalue weighted by molar-refractivity contribution is -0.118. The van der Waals surface area contributed by atoms with Gasteiger partial charge in [-0.05, 0) is 6.92 Å². The van der Waals surface area contributed by atoms with E-state index in [9.17, 15) is 13.2 Å². The second-order valence-corrected chi connectivity index (χ2v) is 4.61. The molecule has 0 bridgehead atoms. The fourth-order valence-electron chi connectivity index (χ4n) is 0.829. The number of nitrogens with one attached hydrogen (secondary N) is 1. The van der Waals surface area contributed by atoms with E-state index in [4.69, 9.17) is 10.8 Å². The largest absolute Gasteiger partial charge is 0.395 e. The number of hydrogen-bond donors (Lipinski definition) is 3. The molecule has 4 N–H and O–H groups in total. The Hall–Kier alpha value is -0.660. The summed E-state index contributed by atoms with van der Waals surface area (Å²) in [6.45, 7) is 1.08. The highest BCUT2D eigenvalue weighted by atomic mass is 32.2. The quantitative estimate of drug-likeness (QED) is 0.478. The van der Waals surface area contributed by atoms with Gasteiger partial charge in [0.05, 0.1) is 12.4 Å². The number of rotatable bonds is 6. The van der Waals surface area contributed by atoms with Gasteiger partial charge in [-0.25, -0.2) is 13.1 Å². The van der Waals surface area contributed by atoms with Crippen LogP contribution in [0.25, 0.3) is 0 Å². The lowest BCUT2D eigenvalue weighted by atomic mass is 10.2. The third-order valence-electron chi connectivity index (χ3n) is 1.25. The molecule has 78 valence electrons. The fraction of sp³-hybridized carbons (Fsp3) is 0.833. The van der Waals surface area contributed by atoms with Gasteiger partial charge in [0.2, 0.25) is 15.9 Å². The molecule has 0 heterocycles. The number of primary amides is 1. The number of carbonyl (C=O) groups is 1. The summed E-state index contributed by atoms with van der Waals surface area (Å²) in [6, 6.07) is -0.533. The van der Waals surface area contributed by atoms with E-state index in [1.165, 1.54) is 6.92 Å². The lowest BCUT2D eigenvalue weighted by Gasteiger charge is -2.11. The Labute approximate surface area is 77.2 Å². The van der Waals surface area contributed by atoms with Gasteiger partial charge >= 0.3 is 0 Å². The minimum Gasteiger partial charge on any atom is -0.395 e. The first-order chi connectivity index (χ1) is 5.87. The summed E-state index contributed by atoms with van der Waals surface area (Å²) in [7, 11) is -3.48. The van der Waals surface area contributed by atoms with Crippen LogP contribution in [0.2, 0.25) is 0 Å². The van der Waals surface area contributed by atoms with Gasteiger partial charge in [-0.15, -0.1) is 0 Å². The summed E-state index contributed by atoms with van der Waals surface area (Å²) in [5, 5.41) is 8.39. The van der Waals surface area contributed by atoms with Crippen molar-refractivity contribution in [2.24, 2.45) is 5.73 Å². The SMILES string of the molecule is CC(CC(N)=O)NS(=O)(=O)CCO. The Kier molecular flexibility index (Phi) is 4.89. The second-order valence-electron chi connectivity index (χ2n) is 2.73. The van der Waals surface area contributed by atoms with Crippen molar-refractivity contribution in [1.29, 1.82) is 0 Å². The molecule has 1 unspecified atom stereocenters. The highest BCUT2D eigenvalue weighted by Crippen LogP contribution is 1.93. The minimum absolute atomic E-state index is 0.0509. The van der Waals surface area contributed by atoms with E-state index in [1.807, 2.05) is 0 Å². The van der Waals surface area contributed by atoms with Gasteiger partial charge in [-0.3, -0.25) is 4.79 Å². The Morgan fingerprint density at radius 1 is 1.62 bits per heavy atom. The van der Waals surface area contributed by atoms with Crippen LogP contribution < -0.4 is 10.5 Å². The van der Waals surface area contributed by atoms with Crippen LogP contribution in [-0.4, -0.2) is 37.8 Å². The van der Waals surface area contributed by atoms with Crippen LogP contribution >= 0.6 is 0 Å². The number of aliphatic hydroxyl groups excluding tert-OH is 1. The van der Waals surface area contributed by atoms with Gasteiger partial charge in [-0.1, -0.05) is 0 Å². The van der Waals surface area contributed by atoms with Crippen LogP contribution in [0.15, 0.2) is 0 Å². The molecule has 0 saturated carbocycles. The third-order valence-corrected chi connectivity index (χ3v) is 2.73. The average molecular weight is 210 g/mol. The van der Waals surface area contributed by atoms with Gasteiger partial charge in [0.25, 0.3) is 0 Å². The van der Waals surface area contributed by atoms with Crippen LogP contribution in [-0.2, 0) is 14.8 Å². The van der Waals surface area contributed by atoms with Crippen molar-refractivity contribution in [2.45, 2.75) is 19.4 Å². The molecule has 0 spiro atoms. The molecule has 7 heteroatoms. The molecular formula is C6H14N2O4S. The summed E-state index contributed by atoms with van der Waals surface area (Å²) >= 11 is 0. The van der Waals surface area contributed by atoms with Gasteiger partial charge < -0.3 is 10.8 Å². The van der Waals surface area contributed by atoms with E-state index in [-0.39, 0.29) is 12.2 Å². The standard InChI is InChI=1S/C6H14N2O4S/c1-5(4-6(7)10)8-13(11,12)3-2-9/h5,8-9H,2-4H2,1H3,(H2,7,10). The molecule has 0 fully saturated rings. The predicted octanol–water partition coefficient (Wildman–Crippen LogP) is -1.84. The zero-order valence-corrected chi connectivity index (χ0v) is 8.17. The van der Waals surface area contributed by atoms with Crippen LogP contribution in [0.3, 0.4) is 0 Å². The number of aliphatic hydroxyl groups is 1. The van der Waals surface area contributed by atoms with E-state index >= 15 is 0 Å². The van der Waals surface area contributed by atoms with E-state index < -0.39 is 28.6 Å². The van der Waals surface area contributed by atoms with Crippen molar-refractivity contribution in [1.82, 2.24) is 4.72 Å². The number of nitrogens with two attached hydrogens (primary N) is 1. The summed E-state index contributed by atoms with van der Waals surface area (Å²) in [4.78, 5) is 10.4. The maximum absolute atomic E-state index is 11.0. The molecule has 1 atom stereocenters. The zero-order valence-electron chi connectivity index (χ0n) is 7.36. The normalized spacial score (nSPS) is 14.0.